The number of carbonyl (C=O) groups excluding carboxylic acids is 4. The summed E-state index contributed by atoms with van der Waals surface area (Å²) in [5.41, 5.74) is 1.60. The lowest BCUT2D eigenvalue weighted by Crippen LogP contribution is -2.52. The molecule has 1 fully saturated rings. The van der Waals surface area contributed by atoms with Crippen molar-refractivity contribution in [1.82, 2.24) is 10.2 Å². The first-order valence-electron chi connectivity index (χ1n) is 14.1. The van der Waals surface area contributed by atoms with Crippen molar-refractivity contribution in [2.24, 2.45) is 0 Å². The van der Waals surface area contributed by atoms with E-state index in [9.17, 15) is 19.2 Å². The fraction of sp³-hybridized carbons (Fsp3) is 0.643. The van der Waals surface area contributed by atoms with E-state index in [0.29, 0.717) is 89.5 Å². The van der Waals surface area contributed by atoms with Crippen LogP contribution < -0.4 is 10.6 Å². The average Bonchev–Trinajstić information content (AvgIpc) is 3.31. The fourth-order valence-electron chi connectivity index (χ4n) is 4.35. The molecule has 0 aliphatic carbocycles. The molecule has 14 nitrogen and oxygen atoms in total. The van der Waals surface area contributed by atoms with Crippen LogP contribution in [0.25, 0.3) is 0 Å². The number of fused-ring (bicyclic) bond motifs is 1. The van der Waals surface area contributed by atoms with Gasteiger partial charge in [-0.3, -0.25) is 24.5 Å². The molecular formula is C28H41N3O11. The van der Waals surface area contributed by atoms with Crippen LogP contribution in [-0.4, -0.2) is 126 Å². The second-order valence-corrected chi connectivity index (χ2v) is 9.43. The summed E-state index contributed by atoms with van der Waals surface area (Å²) in [7, 11) is 0. The van der Waals surface area contributed by atoms with Gasteiger partial charge in [0.2, 0.25) is 17.7 Å². The molecule has 0 spiro atoms. The molecule has 42 heavy (non-hydrogen) atoms. The number of aliphatic hydroxyl groups excluding tert-OH is 1. The molecule has 4 amide bonds. The quantitative estimate of drug-likeness (QED) is 0.120. The summed E-state index contributed by atoms with van der Waals surface area (Å²) in [4.78, 5) is 50.6. The van der Waals surface area contributed by atoms with Gasteiger partial charge in [-0.1, -0.05) is 6.07 Å². The number of nitrogens with one attached hydrogen (secondary N) is 2. The number of rotatable bonds is 22. The molecule has 1 saturated heterocycles. The van der Waals surface area contributed by atoms with Crippen molar-refractivity contribution >= 4 is 29.3 Å². The van der Waals surface area contributed by atoms with E-state index in [-0.39, 0.29) is 56.7 Å². The van der Waals surface area contributed by atoms with Crippen LogP contribution in [0, 0.1) is 0 Å². The van der Waals surface area contributed by atoms with E-state index < -0.39 is 11.9 Å². The van der Waals surface area contributed by atoms with E-state index in [1.54, 1.807) is 18.2 Å². The summed E-state index contributed by atoms with van der Waals surface area (Å²) in [6, 6.07) is 4.35. The van der Waals surface area contributed by atoms with Gasteiger partial charge in [-0.15, -0.1) is 0 Å². The molecule has 234 valence electrons. The van der Waals surface area contributed by atoms with Crippen LogP contribution in [0.1, 0.15) is 35.2 Å². The summed E-state index contributed by atoms with van der Waals surface area (Å²) in [5, 5.41) is 13.7. The Morgan fingerprint density at radius 3 is 1.93 bits per heavy atom. The van der Waals surface area contributed by atoms with E-state index >= 15 is 0 Å². The molecule has 1 aromatic rings. The number of amides is 4. The molecule has 1 unspecified atom stereocenters. The largest absolute Gasteiger partial charge is 0.394 e. The first kappa shape index (κ1) is 33.5. The van der Waals surface area contributed by atoms with Gasteiger partial charge in [0.25, 0.3) is 5.91 Å². The van der Waals surface area contributed by atoms with E-state index in [4.69, 9.17) is 33.5 Å². The minimum atomic E-state index is -0.714. The van der Waals surface area contributed by atoms with Gasteiger partial charge in [0.1, 0.15) is 6.04 Å². The zero-order valence-corrected chi connectivity index (χ0v) is 23.8. The van der Waals surface area contributed by atoms with Crippen molar-refractivity contribution in [2.45, 2.75) is 31.8 Å². The third-order valence-electron chi connectivity index (χ3n) is 6.43. The minimum absolute atomic E-state index is 0.00434. The Morgan fingerprint density at radius 2 is 1.38 bits per heavy atom. The highest BCUT2D eigenvalue weighted by molar-refractivity contribution is 6.06. The molecular weight excluding hydrogens is 554 g/mol. The maximum atomic E-state index is 12.9. The number of hydrogen-bond acceptors (Lipinski definition) is 11. The Kier molecular flexibility index (Phi) is 15.4. The molecule has 0 bridgehead atoms. The second-order valence-electron chi connectivity index (χ2n) is 9.43. The van der Waals surface area contributed by atoms with Gasteiger partial charge in [0.15, 0.2) is 0 Å². The Morgan fingerprint density at radius 1 is 0.833 bits per heavy atom. The first-order chi connectivity index (χ1) is 20.5. The molecule has 1 aromatic carbocycles. The van der Waals surface area contributed by atoms with Crippen LogP contribution in [0.5, 0.6) is 0 Å². The number of carbonyl (C=O) groups is 4. The van der Waals surface area contributed by atoms with Crippen molar-refractivity contribution in [3.63, 3.8) is 0 Å². The van der Waals surface area contributed by atoms with Crippen molar-refractivity contribution in [3.05, 3.63) is 29.3 Å². The molecule has 2 aliphatic rings. The number of aliphatic hydroxyl groups is 1. The number of nitrogens with zero attached hydrogens (tertiary/aromatic N) is 1. The summed E-state index contributed by atoms with van der Waals surface area (Å²) >= 11 is 0. The smallest absolute Gasteiger partial charge is 0.255 e. The predicted octanol–water partition coefficient (Wildman–Crippen LogP) is -0.132. The van der Waals surface area contributed by atoms with Crippen molar-refractivity contribution in [2.75, 3.05) is 91.2 Å². The number of benzene rings is 1. The predicted molar refractivity (Wildman–Crippen MR) is 148 cm³/mol. The van der Waals surface area contributed by atoms with Crippen LogP contribution >= 0.6 is 0 Å². The molecule has 2 aliphatic heterocycles. The SMILES string of the molecule is O=C1CCC(N2Cc3c(NC(=O)CCOCCOCCOCCOCCOCCOCCO)cccc3C2=O)C(=O)N1. The molecule has 0 saturated carbocycles. The molecule has 2 heterocycles. The van der Waals surface area contributed by atoms with E-state index in [2.05, 4.69) is 10.6 Å². The topological polar surface area (TPSA) is 171 Å². The highest BCUT2D eigenvalue weighted by Crippen LogP contribution is 2.32. The summed E-state index contributed by atoms with van der Waals surface area (Å²) < 4.78 is 32.1. The first-order valence-corrected chi connectivity index (χ1v) is 14.1. The molecule has 3 rings (SSSR count). The Hall–Kier alpha value is -2.98. The third-order valence-corrected chi connectivity index (χ3v) is 6.43. The van der Waals surface area contributed by atoms with E-state index in [1.165, 1.54) is 4.90 Å². The third kappa shape index (κ3) is 11.4. The average molecular weight is 596 g/mol. The van der Waals surface area contributed by atoms with Crippen LogP contribution in [0.15, 0.2) is 18.2 Å². The normalized spacial score (nSPS) is 16.5. The van der Waals surface area contributed by atoms with Crippen molar-refractivity contribution < 1.29 is 52.7 Å². The highest BCUT2D eigenvalue weighted by Gasteiger charge is 2.39. The van der Waals surface area contributed by atoms with Crippen molar-refractivity contribution in [3.8, 4) is 0 Å². The monoisotopic (exact) mass is 595 g/mol. The lowest BCUT2D eigenvalue weighted by molar-refractivity contribution is -0.137. The Labute approximate surface area is 244 Å². The lowest BCUT2D eigenvalue weighted by atomic mass is 10.0. The van der Waals surface area contributed by atoms with Gasteiger partial charge >= 0.3 is 0 Å². The zero-order valence-electron chi connectivity index (χ0n) is 23.8. The van der Waals surface area contributed by atoms with Crippen LogP contribution in [-0.2, 0) is 49.3 Å². The fourth-order valence-corrected chi connectivity index (χ4v) is 4.35. The van der Waals surface area contributed by atoms with Crippen molar-refractivity contribution in [1.29, 1.82) is 0 Å². The maximum absolute atomic E-state index is 12.9. The van der Waals surface area contributed by atoms with Gasteiger partial charge in [0.05, 0.1) is 92.3 Å². The lowest BCUT2D eigenvalue weighted by Gasteiger charge is -2.29. The Balaban J connectivity index is 1.18. The van der Waals surface area contributed by atoms with Gasteiger partial charge in [-0.25, -0.2) is 0 Å². The summed E-state index contributed by atoms with van der Waals surface area (Å²) in [6.45, 7) is 4.97. The molecule has 3 N–H and O–H groups in total. The van der Waals surface area contributed by atoms with Crippen LogP contribution in [0.2, 0.25) is 0 Å². The number of anilines is 1. The number of hydrogen-bond donors (Lipinski definition) is 3. The molecule has 0 aromatic heterocycles. The number of piperidine rings is 1. The summed E-state index contributed by atoms with van der Waals surface area (Å²) in [6.07, 6.45) is 0.577. The molecule has 14 heteroatoms. The van der Waals surface area contributed by atoms with Gasteiger partial charge < -0.3 is 43.7 Å². The second kappa shape index (κ2) is 19.3. The molecule has 1 atom stereocenters. The number of ether oxygens (including phenoxy) is 6. The maximum Gasteiger partial charge on any atom is 0.255 e. The summed E-state index contributed by atoms with van der Waals surface area (Å²) in [5.74, 6) is -1.37. The van der Waals surface area contributed by atoms with E-state index in [1.807, 2.05) is 0 Å². The zero-order chi connectivity index (χ0) is 30.0. The standard InChI is InChI=1S/C28H41N3O11/c32-7-9-38-11-13-40-15-17-42-19-18-41-16-14-39-12-10-37-8-6-26(34)29-23-3-1-2-21-22(23)20-31(28(21)36)24-4-5-25(33)30-27(24)35/h1-3,24,32H,4-20H2,(H,29,34)(H,30,33,35). The van der Waals surface area contributed by atoms with Crippen LogP contribution in [0.4, 0.5) is 5.69 Å². The highest BCUT2D eigenvalue weighted by atomic mass is 16.6. The van der Waals surface area contributed by atoms with Gasteiger partial charge in [-0.2, -0.15) is 0 Å². The van der Waals surface area contributed by atoms with Gasteiger partial charge in [0, 0.05) is 29.8 Å². The van der Waals surface area contributed by atoms with Crippen LogP contribution in [0.3, 0.4) is 0 Å². The number of imide groups is 1. The minimum Gasteiger partial charge on any atom is -0.394 e. The molecule has 0 radical (unpaired) electrons. The van der Waals surface area contributed by atoms with Gasteiger partial charge in [-0.05, 0) is 18.6 Å². The Bertz CT molecular complexity index is 1020. The van der Waals surface area contributed by atoms with E-state index in [0.717, 1.165) is 0 Å².